The number of hydrogen-bond acceptors (Lipinski definition) is 4. The summed E-state index contributed by atoms with van der Waals surface area (Å²) in [5.41, 5.74) is 1.16. The second-order valence-electron chi connectivity index (χ2n) is 3.93. The molecule has 0 atom stereocenters. The lowest BCUT2D eigenvalue weighted by Crippen LogP contribution is -2.11. The monoisotopic (exact) mass is 321 g/mol. The molecule has 2 aromatic rings. The van der Waals surface area contributed by atoms with Crippen LogP contribution in [0, 0.1) is 11.8 Å². The number of methoxy groups -OCH3 is 1. The summed E-state index contributed by atoms with van der Waals surface area (Å²) in [5.74, 6) is 5.54. The smallest absolute Gasteiger partial charge is 0.267 e. The molecule has 108 valence electrons. The van der Waals surface area contributed by atoms with Crippen LogP contribution in [0.25, 0.3) is 0 Å². The summed E-state index contributed by atoms with van der Waals surface area (Å²) in [6.45, 7) is -0.245. The molecule has 1 heterocycles. The number of amides is 1. The Bertz CT molecular complexity index is 715. The molecule has 0 fully saturated rings. The molecule has 1 aromatic heterocycles. The average Bonchev–Trinajstić information content (AvgIpc) is 2.93. The zero-order valence-corrected chi connectivity index (χ0v) is 12.7. The number of thiophene rings is 1. The molecule has 4 nitrogen and oxygen atoms in total. The zero-order chi connectivity index (χ0) is 15.2. The lowest BCUT2D eigenvalue weighted by atomic mass is 10.2. The number of carbonyl (C=O) groups excluding carboxylic acids is 1. The third-order valence-electron chi connectivity index (χ3n) is 2.58. The summed E-state index contributed by atoms with van der Waals surface area (Å²) >= 11 is 7.30. The maximum absolute atomic E-state index is 12.2. The first-order valence-electron chi connectivity index (χ1n) is 5.98. The fourth-order valence-corrected chi connectivity index (χ4v) is 2.65. The second-order valence-corrected chi connectivity index (χ2v) is 5.25. The highest BCUT2D eigenvalue weighted by atomic mass is 35.5. The normalized spacial score (nSPS) is 9.67. The van der Waals surface area contributed by atoms with Gasteiger partial charge in [-0.05, 0) is 29.6 Å². The largest absolute Gasteiger partial charge is 0.495 e. The van der Waals surface area contributed by atoms with E-state index in [-0.39, 0.29) is 12.5 Å². The Morgan fingerprint density at radius 1 is 1.48 bits per heavy atom. The van der Waals surface area contributed by atoms with Crippen molar-refractivity contribution in [3.8, 4) is 17.6 Å². The van der Waals surface area contributed by atoms with E-state index >= 15 is 0 Å². The molecule has 0 aliphatic rings. The Balaban J connectivity index is 2.18. The molecular weight excluding hydrogens is 310 g/mol. The molecule has 0 unspecified atom stereocenters. The highest BCUT2D eigenvalue weighted by Crippen LogP contribution is 2.28. The molecule has 1 amide bonds. The highest BCUT2D eigenvalue weighted by Gasteiger charge is 2.13. The van der Waals surface area contributed by atoms with Crippen molar-refractivity contribution in [2.24, 2.45) is 0 Å². The lowest BCUT2D eigenvalue weighted by Gasteiger charge is -2.07. The van der Waals surface area contributed by atoms with Crippen LogP contribution in [0.15, 0.2) is 29.6 Å². The first-order chi connectivity index (χ1) is 10.2. The van der Waals surface area contributed by atoms with Gasteiger partial charge in [-0.3, -0.25) is 4.79 Å². The zero-order valence-electron chi connectivity index (χ0n) is 11.1. The Labute approximate surface area is 131 Å². The molecular formula is C15H12ClNO3S. The quantitative estimate of drug-likeness (QED) is 0.854. The fourth-order valence-electron chi connectivity index (χ4n) is 1.65. The van der Waals surface area contributed by atoms with Crippen LogP contribution in [0.2, 0.25) is 5.02 Å². The van der Waals surface area contributed by atoms with Crippen molar-refractivity contribution in [2.75, 3.05) is 19.0 Å². The maximum Gasteiger partial charge on any atom is 0.267 e. The van der Waals surface area contributed by atoms with Crippen LogP contribution >= 0.6 is 22.9 Å². The number of benzene rings is 1. The van der Waals surface area contributed by atoms with Crippen molar-refractivity contribution in [2.45, 2.75) is 0 Å². The van der Waals surface area contributed by atoms with Gasteiger partial charge in [0.25, 0.3) is 5.91 Å². The van der Waals surface area contributed by atoms with Gasteiger partial charge in [0.2, 0.25) is 0 Å². The molecule has 6 heteroatoms. The standard InChI is InChI=1S/C15H12ClNO3S/c1-20-13-5-4-11(9-12(13)16)17-15(19)14-10(3-2-7-18)6-8-21-14/h4-6,8-9,18H,7H2,1H3,(H,17,19). The molecule has 0 bridgehead atoms. The van der Waals surface area contributed by atoms with Gasteiger partial charge >= 0.3 is 0 Å². The first-order valence-corrected chi connectivity index (χ1v) is 7.23. The van der Waals surface area contributed by atoms with Gasteiger partial charge in [0.1, 0.15) is 17.2 Å². The van der Waals surface area contributed by atoms with E-state index in [1.807, 2.05) is 0 Å². The Morgan fingerprint density at radius 2 is 2.29 bits per heavy atom. The van der Waals surface area contributed by atoms with E-state index in [0.717, 1.165) is 0 Å². The number of halogens is 1. The molecule has 0 aliphatic carbocycles. The van der Waals surface area contributed by atoms with Crippen molar-refractivity contribution in [1.82, 2.24) is 0 Å². The summed E-state index contributed by atoms with van der Waals surface area (Å²) < 4.78 is 5.06. The highest BCUT2D eigenvalue weighted by molar-refractivity contribution is 7.12. The Hall–Kier alpha value is -2.00. The molecule has 0 aliphatic heterocycles. The summed E-state index contributed by atoms with van der Waals surface area (Å²) in [6, 6.07) is 6.74. The van der Waals surface area contributed by atoms with E-state index < -0.39 is 0 Å². The van der Waals surface area contributed by atoms with Gasteiger partial charge in [-0.2, -0.15) is 0 Å². The van der Waals surface area contributed by atoms with Crippen molar-refractivity contribution in [1.29, 1.82) is 0 Å². The van der Waals surface area contributed by atoms with Crippen molar-refractivity contribution >= 4 is 34.5 Å². The van der Waals surface area contributed by atoms with Gasteiger partial charge in [0, 0.05) is 11.3 Å². The molecule has 0 spiro atoms. The second kappa shape index (κ2) is 7.14. The Kier molecular flexibility index (Phi) is 5.23. The van der Waals surface area contributed by atoms with Crippen LogP contribution in [0.4, 0.5) is 5.69 Å². The van der Waals surface area contributed by atoms with Crippen LogP contribution in [-0.2, 0) is 0 Å². The minimum Gasteiger partial charge on any atom is -0.495 e. The number of aliphatic hydroxyl groups excluding tert-OH is 1. The predicted molar refractivity (Wildman–Crippen MR) is 84.2 cm³/mol. The lowest BCUT2D eigenvalue weighted by molar-refractivity contribution is 0.103. The van der Waals surface area contributed by atoms with E-state index in [1.54, 1.807) is 29.6 Å². The third-order valence-corrected chi connectivity index (χ3v) is 3.79. The molecule has 1 aromatic carbocycles. The molecule has 2 N–H and O–H groups in total. The predicted octanol–water partition coefficient (Wildman–Crippen LogP) is 3.01. The topological polar surface area (TPSA) is 58.6 Å². The molecule has 0 radical (unpaired) electrons. The number of rotatable bonds is 3. The summed E-state index contributed by atoms with van der Waals surface area (Å²) in [4.78, 5) is 12.7. The van der Waals surface area contributed by atoms with Crippen molar-refractivity contribution < 1.29 is 14.6 Å². The van der Waals surface area contributed by atoms with E-state index in [9.17, 15) is 4.79 Å². The molecule has 21 heavy (non-hydrogen) atoms. The number of carbonyl (C=O) groups is 1. The number of nitrogens with one attached hydrogen (secondary N) is 1. The van der Waals surface area contributed by atoms with E-state index in [2.05, 4.69) is 17.2 Å². The van der Waals surface area contributed by atoms with Crippen LogP contribution in [0.3, 0.4) is 0 Å². The minimum atomic E-state index is -0.270. The van der Waals surface area contributed by atoms with Crippen molar-refractivity contribution in [3.63, 3.8) is 0 Å². The summed E-state index contributed by atoms with van der Waals surface area (Å²) in [6.07, 6.45) is 0. The van der Waals surface area contributed by atoms with Gasteiger partial charge in [-0.1, -0.05) is 23.4 Å². The van der Waals surface area contributed by atoms with Crippen LogP contribution in [-0.4, -0.2) is 24.7 Å². The van der Waals surface area contributed by atoms with Gasteiger partial charge < -0.3 is 15.2 Å². The molecule has 0 saturated carbocycles. The summed E-state index contributed by atoms with van der Waals surface area (Å²) in [7, 11) is 1.53. The average molecular weight is 322 g/mol. The van der Waals surface area contributed by atoms with Crippen molar-refractivity contribution in [3.05, 3.63) is 45.1 Å². The minimum absolute atomic E-state index is 0.245. The molecule has 2 rings (SSSR count). The number of hydrogen-bond donors (Lipinski definition) is 2. The molecule has 0 saturated heterocycles. The Morgan fingerprint density at radius 3 is 2.95 bits per heavy atom. The van der Waals surface area contributed by atoms with Gasteiger partial charge in [-0.15, -0.1) is 11.3 Å². The van der Waals surface area contributed by atoms with Crippen LogP contribution in [0.1, 0.15) is 15.2 Å². The van der Waals surface area contributed by atoms with E-state index in [1.165, 1.54) is 18.4 Å². The number of anilines is 1. The maximum atomic E-state index is 12.2. The van der Waals surface area contributed by atoms with Crippen LogP contribution < -0.4 is 10.1 Å². The van der Waals surface area contributed by atoms with Crippen LogP contribution in [0.5, 0.6) is 5.75 Å². The SMILES string of the molecule is COc1ccc(NC(=O)c2sccc2C#CCO)cc1Cl. The number of ether oxygens (including phenoxy) is 1. The van der Waals surface area contributed by atoms with E-state index in [0.29, 0.717) is 26.9 Å². The fraction of sp³-hybridized carbons (Fsp3) is 0.133. The summed E-state index contributed by atoms with van der Waals surface area (Å²) in [5, 5.41) is 13.7. The van der Waals surface area contributed by atoms with Gasteiger partial charge in [0.15, 0.2) is 0 Å². The number of aliphatic hydroxyl groups is 1. The third kappa shape index (κ3) is 3.76. The van der Waals surface area contributed by atoms with Gasteiger partial charge in [0.05, 0.1) is 12.1 Å². The van der Waals surface area contributed by atoms with Gasteiger partial charge in [-0.25, -0.2) is 0 Å². The first kappa shape index (κ1) is 15.4. The van der Waals surface area contributed by atoms with E-state index in [4.69, 9.17) is 21.4 Å².